The van der Waals surface area contributed by atoms with Gasteiger partial charge in [0.2, 0.25) is 5.91 Å². The summed E-state index contributed by atoms with van der Waals surface area (Å²) in [6.45, 7) is 6.21. The molecule has 1 aromatic rings. The van der Waals surface area contributed by atoms with Gasteiger partial charge >= 0.3 is 0 Å². The van der Waals surface area contributed by atoms with E-state index in [-0.39, 0.29) is 29.9 Å². The minimum absolute atomic E-state index is 0. The summed E-state index contributed by atoms with van der Waals surface area (Å²) < 4.78 is 0. The lowest BCUT2D eigenvalue weighted by Gasteiger charge is -2.33. The fraction of sp³-hybridized carbons (Fsp3) is 0.529. The van der Waals surface area contributed by atoms with Crippen LogP contribution in [0.5, 0.6) is 0 Å². The third kappa shape index (κ3) is 4.83. The zero-order valence-electron chi connectivity index (χ0n) is 14.3. The number of carbonyl (C=O) groups is 1. The minimum Gasteiger partial charge on any atom is -0.359 e. The molecule has 1 aromatic carbocycles. The average molecular weight is 430 g/mol. The van der Waals surface area contributed by atoms with Crippen molar-refractivity contribution in [3.05, 3.63) is 35.4 Å². The number of fused-ring (bicyclic) bond motifs is 1. The summed E-state index contributed by atoms with van der Waals surface area (Å²) in [5.41, 5.74) is 2.29. The van der Waals surface area contributed by atoms with E-state index in [2.05, 4.69) is 44.8 Å². The summed E-state index contributed by atoms with van der Waals surface area (Å²) in [5.74, 6) is 0.880. The number of carbonyl (C=O) groups excluding carboxylic acids is 1. The van der Waals surface area contributed by atoms with Gasteiger partial charge in [-0.2, -0.15) is 0 Å². The molecule has 0 bridgehead atoms. The van der Waals surface area contributed by atoms with Gasteiger partial charge in [0.25, 0.3) is 0 Å². The third-order valence-electron chi connectivity index (χ3n) is 4.17. The normalized spacial score (nSPS) is 14.6. The quantitative estimate of drug-likeness (QED) is 0.438. The molecule has 0 fully saturated rings. The van der Waals surface area contributed by atoms with Crippen molar-refractivity contribution in [3.8, 4) is 0 Å². The maximum absolute atomic E-state index is 11.9. The highest BCUT2D eigenvalue weighted by molar-refractivity contribution is 14.0. The zero-order valence-corrected chi connectivity index (χ0v) is 16.7. The number of halogens is 1. The fourth-order valence-electron chi connectivity index (χ4n) is 2.73. The molecule has 0 radical (unpaired) electrons. The minimum atomic E-state index is -0.474. The Morgan fingerprint density at radius 2 is 1.96 bits per heavy atom. The summed E-state index contributed by atoms with van der Waals surface area (Å²) in [4.78, 5) is 18.5. The predicted molar refractivity (Wildman–Crippen MR) is 105 cm³/mol. The van der Waals surface area contributed by atoms with Gasteiger partial charge in [-0.1, -0.05) is 24.3 Å². The van der Waals surface area contributed by atoms with Crippen molar-refractivity contribution < 1.29 is 4.79 Å². The zero-order chi connectivity index (χ0) is 16.2. The van der Waals surface area contributed by atoms with Crippen molar-refractivity contribution in [1.29, 1.82) is 0 Å². The molecule has 0 aromatic heterocycles. The molecule has 0 saturated heterocycles. The van der Waals surface area contributed by atoms with Crippen molar-refractivity contribution in [2.24, 2.45) is 10.4 Å². The van der Waals surface area contributed by atoms with E-state index in [1.54, 1.807) is 14.1 Å². The summed E-state index contributed by atoms with van der Waals surface area (Å²) in [6.07, 6.45) is 1.02. The molecule has 23 heavy (non-hydrogen) atoms. The van der Waals surface area contributed by atoms with Gasteiger partial charge in [0, 0.05) is 33.7 Å². The van der Waals surface area contributed by atoms with Crippen LogP contribution in [0.15, 0.2) is 29.3 Å². The first kappa shape index (κ1) is 19.7. The highest BCUT2D eigenvalue weighted by atomic mass is 127. The Morgan fingerprint density at radius 3 is 2.57 bits per heavy atom. The summed E-state index contributed by atoms with van der Waals surface area (Å²) in [5, 5.41) is 6.05. The molecular weight excluding hydrogens is 403 g/mol. The summed E-state index contributed by atoms with van der Waals surface area (Å²) in [7, 11) is 3.45. The van der Waals surface area contributed by atoms with Crippen molar-refractivity contribution in [2.45, 2.75) is 26.8 Å². The highest BCUT2D eigenvalue weighted by Gasteiger charge is 2.28. The van der Waals surface area contributed by atoms with Crippen LogP contribution in [0.4, 0.5) is 0 Å². The Hall–Kier alpha value is -1.31. The number of guanidine groups is 1. The maximum atomic E-state index is 11.9. The molecule has 5 nitrogen and oxygen atoms in total. The lowest BCUT2D eigenvalue weighted by Crippen LogP contribution is -2.49. The van der Waals surface area contributed by atoms with Crippen LogP contribution in [0.3, 0.4) is 0 Å². The van der Waals surface area contributed by atoms with Gasteiger partial charge in [-0.25, -0.2) is 0 Å². The van der Waals surface area contributed by atoms with Crippen molar-refractivity contribution in [2.75, 3.05) is 27.2 Å². The standard InChI is InChI=1S/C17H26N4O.HI/c1-17(2,15(22)18-3)12-20-16(19-4)21-10-9-13-7-5-6-8-14(13)11-21;/h5-8H,9-12H2,1-4H3,(H,18,22)(H,19,20);1H. The predicted octanol–water partition coefficient (Wildman–Crippen LogP) is 2.01. The third-order valence-corrected chi connectivity index (χ3v) is 4.17. The second-order valence-corrected chi connectivity index (χ2v) is 6.30. The first-order chi connectivity index (χ1) is 10.5. The van der Waals surface area contributed by atoms with E-state index in [0.717, 1.165) is 25.5 Å². The lowest BCUT2D eigenvalue weighted by atomic mass is 9.92. The van der Waals surface area contributed by atoms with Gasteiger partial charge in [0.05, 0.1) is 5.41 Å². The first-order valence-corrected chi connectivity index (χ1v) is 7.72. The van der Waals surface area contributed by atoms with Gasteiger partial charge < -0.3 is 15.5 Å². The van der Waals surface area contributed by atoms with Crippen molar-refractivity contribution in [3.63, 3.8) is 0 Å². The number of nitrogens with one attached hydrogen (secondary N) is 2. The van der Waals surface area contributed by atoms with E-state index >= 15 is 0 Å². The molecule has 1 aliphatic rings. The Labute approximate surface area is 156 Å². The largest absolute Gasteiger partial charge is 0.359 e. The van der Waals surface area contributed by atoms with Crippen LogP contribution in [0.1, 0.15) is 25.0 Å². The number of hydrogen-bond acceptors (Lipinski definition) is 2. The second kappa shape index (κ2) is 8.52. The molecule has 6 heteroatoms. The van der Waals surface area contributed by atoms with Gasteiger partial charge in [0.1, 0.15) is 0 Å². The molecule has 0 unspecified atom stereocenters. The molecular formula is C17H27IN4O. The molecule has 0 spiro atoms. The van der Waals surface area contributed by atoms with Crippen molar-refractivity contribution >= 4 is 35.8 Å². The molecule has 0 atom stereocenters. The van der Waals surface area contributed by atoms with Crippen LogP contribution in [0, 0.1) is 5.41 Å². The SMILES string of the molecule is CN=C(NCC(C)(C)C(=O)NC)N1CCc2ccccc2C1.I. The fourth-order valence-corrected chi connectivity index (χ4v) is 2.73. The van der Waals surface area contributed by atoms with E-state index in [1.807, 2.05) is 13.8 Å². The first-order valence-electron chi connectivity index (χ1n) is 7.72. The van der Waals surface area contributed by atoms with Crippen LogP contribution in [0.25, 0.3) is 0 Å². The van der Waals surface area contributed by atoms with Crippen LogP contribution in [-0.4, -0.2) is 44.0 Å². The molecule has 0 saturated carbocycles. The molecule has 1 amide bonds. The number of benzene rings is 1. The highest BCUT2D eigenvalue weighted by Crippen LogP contribution is 2.19. The monoisotopic (exact) mass is 430 g/mol. The summed E-state index contributed by atoms with van der Waals surface area (Å²) >= 11 is 0. The van der Waals surface area contributed by atoms with Crippen LogP contribution >= 0.6 is 24.0 Å². The van der Waals surface area contributed by atoms with E-state index < -0.39 is 5.41 Å². The van der Waals surface area contributed by atoms with Crippen molar-refractivity contribution in [1.82, 2.24) is 15.5 Å². The molecule has 2 N–H and O–H groups in total. The van der Waals surface area contributed by atoms with Crippen LogP contribution in [0.2, 0.25) is 0 Å². The van der Waals surface area contributed by atoms with Gasteiger partial charge in [-0.3, -0.25) is 9.79 Å². The Kier molecular flexibility index (Phi) is 7.31. The molecule has 2 rings (SSSR count). The van der Waals surface area contributed by atoms with Crippen LogP contribution < -0.4 is 10.6 Å². The number of rotatable bonds is 3. The van der Waals surface area contributed by atoms with Gasteiger partial charge in [0.15, 0.2) is 5.96 Å². The Morgan fingerprint density at radius 1 is 1.30 bits per heavy atom. The number of nitrogens with zero attached hydrogens (tertiary/aromatic N) is 2. The maximum Gasteiger partial charge on any atom is 0.227 e. The van der Waals surface area contributed by atoms with Crippen LogP contribution in [-0.2, 0) is 17.8 Å². The molecule has 1 heterocycles. The molecule has 128 valence electrons. The van der Waals surface area contributed by atoms with E-state index in [0.29, 0.717) is 6.54 Å². The smallest absolute Gasteiger partial charge is 0.227 e. The summed E-state index contributed by atoms with van der Waals surface area (Å²) in [6, 6.07) is 8.53. The van der Waals surface area contributed by atoms with E-state index in [4.69, 9.17) is 0 Å². The van der Waals surface area contributed by atoms with E-state index in [9.17, 15) is 4.79 Å². The Bertz CT molecular complexity index is 571. The number of hydrogen-bond donors (Lipinski definition) is 2. The second-order valence-electron chi connectivity index (χ2n) is 6.30. The van der Waals surface area contributed by atoms with Gasteiger partial charge in [-0.15, -0.1) is 24.0 Å². The topological polar surface area (TPSA) is 56.7 Å². The molecule has 1 aliphatic heterocycles. The number of aliphatic imine (C=N–C) groups is 1. The Balaban J connectivity index is 0.00000264. The average Bonchev–Trinajstić information content (AvgIpc) is 2.54. The number of amides is 1. The van der Waals surface area contributed by atoms with E-state index in [1.165, 1.54) is 11.1 Å². The molecule has 0 aliphatic carbocycles. The van der Waals surface area contributed by atoms with Gasteiger partial charge in [-0.05, 0) is 31.4 Å². The lowest BCUT2D eigenvalue weighted by molar-refractivity contribution is -0.128.